The topological polar surface area (TPSA) is 92.8 Å². The first-order valence-corrected chi connectivity index (χ1v) is 14.5. The third-order valence-corrected chi connectivity index (χ3v) is 9.20. The van der Waals surface area contributed by atoms with E-state index in [0.29, 0.717) is 11.6 Å². The smallest absolute Gasteiger partial charge is 0.338 e. The number of esters is 1. The lowest BCUT2D eigenvalue weighted by molar-refractivity contribution is -0.123. The van der Waals surface area contributed by atoms with Gasteiger partial charge in [-0.2, -0.15) is 0 Å². The second-order valence-corrected chi connectivity index (χ2v) is 11.3. The van der Waals surface area contributed by atoms with Crippen molar-refractivity contribution in [1.82, 2.24) is 0 Å². The van der Waals surface area contributed by atoms with Gasteiger partial charge in [0.2, 0.25) is 11.8 Å². The van der Waals surface area contributed by atoms with E-state index >= 15 is 0 Å². The summed E-state index contributed by atoms with van der Waals surface area (Å²) in [7, 11) is 0. The molecule has 5 atom stereocenters. The summed E-state index contributed by atoms with van der Waals surface area (Å²) in [6, 6.07) is 22.5. The molecular formula is C34H34N2O5. The van der Waals surface area contributed by atoms with Gasteiger partial charge in [0.15, 0.2) is 6.61 Å². The molecule has 1 saturated heterocycles. The van der Waals surface area contributed by atoms with E-state index in [1.54, 1.807) is 12.1 Å². The van der Waals surface area contributed by atoms with Gasteiger partial charge in [-0.05, 0) is 84.4 Å². The number of carbonyl (C=O) groups excluding carboxylic acids is 4. The van der Waals surface area contributed by atoms with Gasteiger partial charge in [0.1, 0.15) is 0 Å². The maximum Gasteiger partial charge on any atom is 0.338 e. The molecule has 3 aromatic carbocycles. The van der Waals surface area contributed by atoms with Crippen molar-refractivity contribution >= 4 is 35.1 Å². The Bertz CT molecular complexity index is 1480. The Hall–Kier alpha value is -4.26. The van der Waals surface area contributed by atoms with Gasteiger partial charge in [0, 0.05) is 5.69 Å². The van der Waals surface area contributed by atoms with Crippen molar-refractivity contribution in [2.24, 2.45) is 23.7 Å². The number of carbonyl (C=O) groups is 4. The fourth-order valence-corrected chi connectivity index (χ4v) is 7.34. The third-order valence-electron chi connectivity index (χ3n) is 9.20. The zero-order chi connectivity index (χ0) is 28.7. The van der Waals surface area contributed by atoms with E-state index in [1.165, 1.54) is 22.6 Å². The van der Waals surface area contributed by atoms with Crippen LogP contribution in [0.5, 0.6) is 0 Å². The molecule has 2 saturated carbocycles. The molecule has 0 spiro atoms. The van der Waals surface area contributed by atoms with Crippen LogP contribution in [0.25, 0.3) is 0 Å². The standard InChI is InChI=1S/C34H34N2O5/c1-3-20-11-8-12-21(4-2)31(20)35-28(37)19-41-34(40)23-13-15-25(16-14-23)36-32(38)29-24-17-26(22-9-6-5-7-10-22)27(18-24)30(29)33(36)39/h5-16,24,26-27,29-30H,3-4,17-19H2,1-2H3,(H,35,37)/t24-,26+,27+,29+,30-/m0/s1. The molecule has 1 heterocycles. The van der Waals surface area contributed by atoms with Gasteiger partial charge in [-0.3, -0.25) is 19.3 Å². The zero-order valence-corrected chi connectivity index (χ0v) is 23.3. The summed E-state index contributed by atoms with van der Waals surface area (Å²) in [5.41, 5.74) is 4.78. The molecule has 0 unspecified atom stereocenters. The minimum Gasteiger partial charge on any atom is -0.452 e. The molecular weight excluding hydrogens is 516 g/mol. The van der Waals surface area contributed by atoms with Crippen LogP contribution < -0.4 is 10.2 Å². The molecule has 3 amide bonds. The number of anilines is 2. The monoisotopic (exact) mass is 550 g/mol. The number of hydrogen-bond donors (Lipinski definition) is 1. The van der Waals surface area contributed by atoms with E-state index in [0.717, 1.165) is 42.5 Å². The highest BCUT2D eigenvalue weighted by atomic mass is 16.5. The minimum absolute atomic E-state index is 0.134. The molecule has 2 aliphatic carbocycles. The highest BCUT2D eigenvalue weighted by Crippen LogP contribution is 2.61. The van der Waals surface area contributed by atoms with Gasteiger partial charge in [0.05, 0.1) is 23.1 Å². The lowest BCUT2D eigenvalue weighted by Crippen LogP contribution is -2.33. The van der Waals surface area contributed by atoms with Crippen LogP contribution in [0, 0.1) is 23.7 Å². The molecule has 3 fully saturated rings. The number of nitrogens with zero attached hydrogens (tertiary/aromatic N) is 1. The van der Waals surface area contributed by atoms with Crippen LogP contribution in [0.4, 0.5) is 11.4 Å². The van der Waals surface area contributed by atoms with Crippen LogP contribution in [0.1, 0.15) is 59.7 Å². The Morgan fingerprint density at radius 3 is 2.15 bits per heavy atom. The van der Waals surface area contributed by atoms with Crippen LogP contribution in [0.15, 0.2) is 72.8 Å². The molecule has 41 heavy (non-hydrogen) atoms. The SMILES string of the molecule is CCc1cccc(CC)c1NC(=O)COC(=O)c1ccc(N2C(=O)[C@@H]3[C@@H]4C[C@@H]([C@@H]3C2=O)[C@@H](c2ccccc2)C4)cc1. The maximum atomic E-state index is 13.6. The maximum absolute atomic E-state index is 13.6. The number of para-hydroxylation sites is 1. The van der Waals surface area contributed by atoms with Crippen LogP contribution in [0.2, 0.25) is 0 Å². The van der Waals surface area contributed by atoms with Gasteiger partial charge < -0.3 is 10.1 Å². The Morgan fingerprint density at radius 1 is 0.829 bits per heavy atom. The Balaban J connectivity index is 1.10. The predicted octanol–water partition coefficient (Wildman–Crippen LogP) is 5.54. The summed E-state index contributed by atoms with van der Waals surface area (Å²) in [4.78, 5) is 53.6. The quantitative estimate of drug-likeness (QED) is 0.294. The first-order chi connectivity index (χ1) is 19.9. The third kappa shape index (κ3) is 4.73. The average molecular weight is 551 g/mol. The highest BCUT2D eigenvalue weighted by Gasteiger charge is 2.64. The number of fused-ring (bicyclic) bond motifs is 5. The predicted molar refractivity (Wildman–Crippen MR) is 155 cm³/mol. The first kappa shape index (κ1) is 26.9. The van der Waals surface area contributed by atoms with Gasteiger partial charge >= 0.3 is 5.97 Å². The number of hydrogen-bond acceptors (Lipinski definition) is 5. The van der Waals surface area contributed by atoms with E-state index < -0.39 is 18.5 Å². The number of benzene rings is 3. The largest absolute Gasteiger partial charge is 0.452 e. The minimum atomic E-state index is -0.647. The number of nitrogens with one attached hydrogen (secondary N) is 1. The van der Waals surface area contributed by atoms with E-state index in [9.17, 15) is 19.2 Å². The molecule has 0 aromatic heterocycles. The van der Waals surface area contributed by atoms with Gasteiger partial charge in [-0.1, -0.05) is 62.4 Å². The number of aryl methyl sites for hydroxylation is 2. The van der Waals surface area contributed by atoms with Crippen molar-refractivity contribution < 1.29 is 23.9 Å². The Labute approximate surface area is 239 Å². The summed E-state index contributed by atoms with van der Waals surface area (Å²) < 4.78 is 5.27. The lowest BCUT2D eigenvalue weighted by atomic mass is 9.73. The van der Waals surface area contributed by atoms with Crippen molar-refractivity contribution in [1.29, 1.82) is 0 Å². The second kappa shape index (κ2) is 11.0. The highest BCUT2D eigenvalue weighted by molar-refractivity contribution is 6.22. The number of rotatable bonds is 8. The van der Waals surface area contributed by atoms with Crippen LogP contribution in [-0.4, -0.2) is 30.3 Å². The molecule has 1 aliphatic heterocycles. The summed E-state index contributed by atoms with van der Waals surface area (Å²) >= 11 is 0. The van der Waals surface area contributed by atoms with Crippen LogP contribution in [-0.2, 0) is 32.0 Å². The summed E-state index contributed by atoms with van der Waals surface area (Å²) in [5.74, 6) is -1.19. The van der Waals surface area contributed by atoms with Crippen molar-refractivity contribution in [2.75, 3.05) is 16.8 Å². The second-order valence-electron chi connectivity index (χ2n) is 11.3. The fourth-order valence-electron chi connectivity index (χ4n) is 7.34. The van der Waals surface area contributed by atoms with Gasteiger partial charge in [0.25, 0.3) is 5.91 Å². The Kier molecular flexibility index (Phi) is 7.20. The lowest BCUT2D eigenvalue weighted by Gasteiger charge is -2.28. The summed E-state index contributed by atoms with van der Waals surface area (Å²) in [6.07, 6.45) is 3.40. The molecule has 7 nitrogen and oxygen atoms in total. The van der Waals surface area contributed by atoms with E-state index in [4.69, 9.17) is 4.74 Å². The Morgan fingerprint density at radius 2 is 1.49 bits per heavy atom. The van der Waals surface area contributed by atoms with Crippen LogP contribution in [0.3, 0.4) is 0 Å². The average Bonchev–Trinajstić information content (AvgIpc) is 3.67. The number of ether oxygens (including phenoxy) is 1. The first-order valence-electron chi connectivity index (χ1n) is 14.5. The summed E-state index contributed by atoms with van der Waals surface area (Å²) in [6.45, 7) is 3.63. The van der Waals surface area contributed by atoms with Gasteiger partial charge in [-0.25, -0.2) is 4.79 Å². The molecule has 3 aromatic rings. The molecule has 6 rings (SSSR count). The summed E-state index contributed by atoms with van der Waals surface area (Å²) in [5, 5.41) is 2.89. The molecule has 210 valence electrons. The van der Waals surface area contributed by atoms with Crippen molar-refractivity contribution in [2.45, 2.75) is 45.4 Å². The normalized spacial score (nSPS) is 24.4. The van der Waals surface area contributed by atoms with Crippen LogP contribution >= 0.6 is 0 Å². The van der Waals surface area contributed by atoms with E-state index in [1.807, 2.05) is 50.2 Å². The van der Waals surface area contributed by atoms with Crippen molar-refractivity contribution in [3.8, 4) is 0 Å². The molecule has 3 aliphatic rings. The molecule has 1 N–H and O–H groups in total. The van der Waals surface area contributed by atoms with Crippen molar-refractivity contribution in [3.05, 3.63) is 95.1 Å². The number of amides is 3. The molecule has 0 radical (unpaired) electrons. The number of imide groups is 1. The fraction of sp³-hybridized carbons (Fsp3) is 0.353. The van der Waals surface area contributed by atoms with E-state index in [-0.39, 0.29) is 41.0 Å². The zero-order valence-electron chi connectivity index (χ0n) is 23.3. The molecule has 7 heteroatoms. The van der Waals surface area contributed by atoms with Crippen molar-refractivity contribution in [3.63, 3.8) is 0 Å². The van der Waals surface area contributed by atoms with Gasteiger partial charge in [-0.15, -0.1) is 0 Å². The van der Waals surface area contributed by atoms with E-state index in [2.05, 4.69) is 17.4 Å². The molecule has 2 bridgehead atoms.